The van der Waals surface area contributed by atoms with Crippen LogP contribution in [-0.4, -0.2) is 50.8 Å². The molecule has 5 heteroatoms. The zero-order valence-corrected chi connectivity index (χ0v) is 16.3. The van der Waals surface area contributed by atoms with E-state index in [1.54, 1.807) is 0 Å². The number of likely N-dealkylation sites (tertiary alicyclic amines) is 1. The van der Waals surface area contributed by atoms with Crippen molar-refractivity contribution in [1.82, 2.24) is 10.2 Å². The fraction of sp³-hybridized carbons (Fsp3) is 0.941. The standard InChI is InChI=1S/C17H31N3O.HI/c1-18-16(19-13-15-5-11-21-12-6-15)20-10-9-17(14-20)7-3-2-4-8-17;/h15H,2-14H2,1H3,(H,18,19);1H. The maximum absolute atomic E-state index is 5.44. The van der Waals surface area contributed by atoms with Crippen LogP contribution < -0.4 is 5.32 Å². The quantitative estimate of drug-likeness (QED) is 0.423. The lowest BCUT2D eigenvalue weighted by atomic mass is 9.73. The molecule has 0 atom stereocenters. The lowest BCUT2D eigenvalue weighted by Gasteiger charge is -2.34. The highest BCUT2D eigenvalue weighted by Gasteiger charge is 2.39. The molecule has 0 unspecified atom stereocenters. The van der Waals surface area contributed by atoms with Gasteiger partial charge in [-0.3, -0.25) is 4.99 Å². The third-order valence-corrected chi connectivity index (χ3v) is 5.75. The molecule has 3 aliphatic rings. The van der Waals surface area contributed by atoms with E-state index in [-0.39, 0.29) is 24.0 Å². The van der Waals surface area contributed by atoms with Crippen molar-refractivity contribution in [2.45, 2.75) is 51.4 Å². The number of halogens is 1. The summed E-state index contributed by atoms with van der Waals surface area (Å²) in [7, 11) is 1.93. The van der Waals surface area contributed by atoms with Crippen LogP contribution in [0.2, 0.25) is 0 Å². The predicted molar refractivity (Wildman–Crippen MR) is 102 cm³/mol. The Bertz CT molecular complexity index is 363. The van der Waals surface area contributed by atoms with Crippen molar-refractivity contribution < 1.29 is 4.74 Å². The van der Waals surface area contributed by atoms with Gasteiger partial charge in [0.2, 0.25) is 0 Å². The molecule has 0 bridgehead atoms. The predicted octanol–water partition coefficient (Wildman–Crippen LogP) is 3.26. The van der Waals surface area contributed by atoms with Crippen LogP contribution in [0.15, 0.2) is 4.99 Å². The van der Waals surface area contributed by atoms with Crippen LogP contribution in [0, 0.1) is 11.3 Å². The second kappa shape index (κ2) is 8.71. The Morgan fingerprint density at radius 1 is 1.18 bits per heavy atom. The Labute approximate surface area is 152 Å². The summed E-state index contributed by atoms with van der Waals surface area (Å²) in [5.74, 6) is 1.88. The fourth-order valence-corrected chi connectivity index (χ4v) is 4.34. The van der Waals surface area contributed by atoms with E-state index in [2.05, 4.69) is 15.2 Å². The zero-order valence-electron chi connectivity index (χ0n) is 14.0. The van der Waals surface area contributed by atoms with Gasteiger partial charge in [0.25, 0.3) is 0 Å². The Kier molecular flexibility index (Phi) is 7.25. The first-order valence-electron chi connectivity index (χ1n) is 8.85. The van der Waals surface area contributed by atoms with Gasteiger partial charge in [-0.25, -0.2) is 0 Å². The number of guanidine groups is 1. The molecule has 1 aliphatic carbocycles. The molecule has 3 fully saturated rings. The van der Waals surface area contributed by atoms with E-state index in [4.69, 9.17) is 4.74 Å². The average Bonchev–Trinajstić information content (AvgIpc) is 2.93. The van der Waals surface area contributed by atoms with E-state index >= 15 is 0 Å². The van der Waals surface area contributed by atoms with Crippen LogP contribution in [0.3, 0.4) is 0 Å². The minimum absolute atomic E-state index is 0. The summed E-state index contributed by atoms with van der Waals surface area (Å²) in [4.78, 5) is 7.04. The van der Waals surface area contributed by atoms with Gasteiger partial charge in [0.05, 0.1) is 0 Å². The second-order valence-electron chi connectivity index (χ2n) is 7.22. The van der Waals surface area contributed by atoms with E-state index in [9.17, 15) is 0 Å². The molecule has 0 aromatic carbocycles. The third-order valence-electron chi connectivity index (χ3n) is 5.75. The van der Waals surface area contributed by atoms with E-state index < -0.39 is 0 Å². The van der Waals surface area contributed by atoms with Crippen molar-refractivity contribution in [2.75, 3.05) is 39.9 Å². The summed E-state index contributed by atoms with van der Waals surface area (Å²) < 4.78 is 5.44. The summed E-state index contributed by atoms with van der Waals surface area (Å²) in [6.45, 7) is 5.32. The summed E-state index contributed by atoms with van der Waals surface area (Å²) in [6, 6.07) is 0. The van der Waals surface area contributed by atoms with Crippen LogP contribution in [0.5, 0.6) is 0 Å². The summed E-state index contributed by atoms with van der Waals surface area (Å²) >= 11 is 0. The van der Waals surface area contributed by atoms with E-state index in [0.717, 1.165) is 31.6 Å². The van der Waals surface area contributed by atoms with Gasteiger partial charge in [0.1, 0.15) is 0 Å². The van der Waals surface area contributed by atoms with Crippen LogP contribution >= 0.6 is 24.0 Å². The SMILES string of the molecule is CN=C(NCC1CCOCC1)N1CCC2(CCCCC2)C1.I. The van der Waals surface area contributed by atoms with Crippen molar-refractivity contribution in [3.63, 3.8) is 0 Å². The fourth-order valence-electron chi connectivity index (χ4n) is 4.34. The van der Waals surface area contributed by atoms with Crippen molar-refractivity contribution in [3.05, 3.63) is 0 Å². The molecule has 128 valence electrons. The Morgan fingerprint density at radius 2 is 1.91 bits per heavy atom. The van der Waals surface area contributed by atoms with E-state index in [1.807, 2.05) is 7.05 Å². The molecular weight excluding hydrogens is 389 g/mol. The van der Waals surface area contributed by atoms with Gasteiger partial charge >= 0.3 is 0 Å². The smallest absolute Gasteiger partial charge is 0.193 e. The van der Waals surface area contributed by atoms with Crippen molar-refractivity contribution in [3.8, 4) is 0 Å². The first kappa shape index (κ1) is 18.3. The number of nitrogens with zero attached hydrogens (tertiary/aromatic N) is 2. The topological polar surface area (TPSA) is 36.9 Å². The first-order valence-corrected chi connectivity index (χ1v) is 8.85. The molecule has 0 aromatic rings. The molecule has 1 N–H and O–H groups in total. The van der Waals surface area contributed by atoms with Gasteiger partial charge in [0, 0.05) is 39.9 Å². The molecule has 2 aliphatic heterocycles. The normalized spacial score (nSPS) is 26.0. The molecular formula is C17H32IN3O. The number of hydrogen-bond acceptors (Lipinski definition) is 2. The van der Waals surface area contributed by atoms with Crippen LogP contribution in [0.4, 0.5) is 0 Å². The van der Waals surface area contributed by atoms with Gasteiger partial charge in [0.15, 0.2) is 5.96 Å². The molecule has 0 amide bonds. The number of rotatable bonds is 2. The Morgan fingerprint density at radius 3 is 2.59 bits per heavy atom. The number of aliphatic imine (C=N–C) groups is 1. The van der Waals surface area contributed by atoms with Crippen LogP contribution in [0.25, 0.3) is 0 Å². The van der Waals surface area contributed by atoms with E-state index in [1.165, 1.54) is 64.5 Å². The van der Waals surface area contributed by atoms with Crippen molar-refractivity contribution >= 4 is 29.9 Å². The summed E-state index contributed by atoms with van der Waals surface area (Å²) in [6.07, 6.45) is 10.9. The highest BCUT2D eigenvalue weighted by atomic mass is 127. The molecule has 0 radical (unpaired) electrons. The number of hydrogen-bond donors (Lipinski definition) is 1. The Balaban J connectivity index is 0.00000176. The number of ether oxygens (including phenoxy) is 1. The highest BCUT2D eigenvalue weighted by molar-refractivity contribution is 14.0. The first-order chi connectivity index (χ1) is 10.3. The molecule has 4 nitrogen and oxygen atoms in total. The van der Waals surface area contributed by atoms with Gasteiger partial charge in [-0.05, 0) is 43.4 Å². The van der Waals surface area contributed by atoms with Gasteiger partial charge in [-0.1, -0.05) is 19.3 Å². The molecule has 0 aromatic heterocycles. The van der Waals surface area contributed by atoms with Crippen molar-refractivity contribution in [1.29, 1.82) is 0 Å². The molecule has 2 heterocycles. The lowest BCUT2D eigenvalue weighted by Crippen LogP contribution is -2.43. The molecule has 1 spiro atoms. The number of nitrogens with one attached hydrogen (secondary N) is 1. The minimum Gasteiger partial charge on any atom is -0.381 e. The molecule has 3 rings (SSSR count). The Hall–Kier alpha value is -0.0400. The van der Waals surface area contributed by atoms with E-state index in [0.29, 0.717) is 5.41 Å². The van der Waals surface area contributed by atoms with Gasteiger partial charge in [-0.15, -0.1) is 24.0 Å². The molecule has 2 saturated heterocycles. The molecule has 1 saturated carbocycles. The second-order valence-corrected chi connectivity index (χ2v) is 7.22. The average molecular weight is 421 g/mol. The van der Waals surface area contributed by atoms with Crippen LogP contribution in [0.1, 0.15) is 51.4 Å². The van der Waals surface area contributed by atoms with Gasteiger partial charge in [-0.2, -0.15) is 0 Å². The molecule has 22 heavy (non-hydrogen) atoms. The van der Waals surface area contributed by atoms with Gasteiger partial charge < -0.3 is 15.0 Å². The maximum atomic E-state index is 5.44. The maximum Gasteiger partial charge on any atom is 0.193 e. The minimum atomic E-state index is 0. The van der Waals surface area contributed by atoms with Crippen molar-refractivity contribution in [2.24, 2.45) is 16.3 Å². The third kappa shape index (κ3) is 4.49. The largest absolute Gasteiger partial charge is 0.381 e. The monoisotopic (exact) mass is 421 g/mol. The lowest BCUT2D eigenvalue weighted by molar-refractivity contribution is 0.0673. The summed E-state index contributed by atoms with van der Waals surface area (Å²) in [5, 5.41) is 3.62. The highest BCUT2D eigenvalue weighted by Crippen LogP contribution is 2.43. The van der Waals surface area contributed by atoms with Crippen LogP contribution in [-0.2, 0) is 4.74 Å². The zero-order chi connectivity index (χ0) is 14.5. The summed E-state index contributed by atoms with van der Waals surface area (Å²) in [5.41, 5.74) is 0.606.